The average Bonchev–Trinajstić information content (AvgIpc) is 3.42. The van der Waals surface area contributed by atoms with Crippen LogP contribution >= 0.6 is 11.3 Å². The van der Waals surface area contributed by atoms with Crippen molar-refractivity contribution < 1.29 is 0 Å². The van der Waals surface area contributed by atoms with Crippen LogP contribution in [0.3, 0.4) is 0 Å². The van der Waals surface area contributed by atoms with E-state index in [0.717, 1.165) is 43.7 Å². The number of nitrogens with two attached hydrogens (primary N) is 1. The molecule has 0 aliphatic heterocycles. The molecule has 0 bridgehead atoms. The van der Waals surface area contributed by atoms with Crippen LogP contribution in [0.4, 0.5) is 17.2 Å². The molecule has 0 radical (unpaired) electrons. The molecule has 2 aromatic carbocycles. The number of fused-ring (bicyclic) bond motifs is 3. The van der Waals surface area contributed by atoms with Crippen molar-refractivity contribution >= 4 is 55.3 Å². The van der Waals surface area contributed by atoms with Gasteiger partial charge in [0.25, 0.3) is 0 Å². The quantitative estimate of drug-likeness (QED) is 0.433. The molecule has 0 aliphatic carbocycles. The van der Waals surface area contributed by atoms with Gasteiger partial charge in [0, 0.05) is 35.2 Å². The lowest BCUT2D eigenvalue weighted by molar-refractivity contribution is 1.13. The minimum absolute atomic E-state index is 0.637. The van der Waals surface area contributed by atoms with Crippen molar-refractivity contribution in [3.8, 4) is 11.3 Å². The molecule has 0 fully saturated rings. The van der Waals surface area contributed by atoms with E-state index in [-0.39, 0.29) is 0 Å². The average molecular weight is 409 g/mol. The molecule has 6 rings (SSSR count). The summed E-state index contributed by atoms with van der Waals surface area (Å²) in [4.78, 5) is 18.1. The number of anilines is 3. The summed E-state index contributed by atoms with van der Waals surface area (Å²) in [6, 6.07) is 14.1. The summed E-state index contributed by atoms with van der Waals surface area (Å²) in [7, 11) is 0. The Balaban J connectivity index is 1.47. The van der Waals surface area contributed by atoms with E-state index in [1.165, 1.54) is 0 Å². The molecule has 0 aliphatic rings. The number of nitrogen functional groups attached to an aromatic ring is 1. The van der Waals surface area contributed by atoms with Crippen molar-refractivity contribution in [2.24, 2.45) is 0 Å². The third kappa shape index (κ3) is 2.82. The van der Waals surface area contributed by atoms with E-state index in [4.69, 9.17) is 10.7 Å². The fourth-order valence-electron chi connectivity index (χ4n) is 3.53. The molecular formula is C22H15N7S. The van der Waals surface area contributed by atoms with Gasteiger partial charge in [-0.2, -0.15) is 0 Å². The largest absolute Gasteiger partial charge is 0.397 e. The number of imidazole rings is 1. The molecule has 30 heavy (non-hydrogen) atoms. The van der Waals surface area contributed by atoms with Crippen LogP contribution in [0.5, 0.6) is 0 Å². The topological polar surface area (TPSA) is 94.0 Å². The number of rotatable bonds is 3. The van der Waals surface area contributed by atoms with Crippen LogP contribution in [0.1, 0.15) is 0 Å². The highest BCUT2D eigenvalue weighted by atomic mass is 32.1. The van der Waals surface area contributed by atoms with E-state index < -0.39 is 0 Å². The molecular weight excluding hydrogens is 394 g/mol. The first-order valence-corrected chi connectivity index (χ1v) is 10.2. The lowest BCUT2D eigenvalue weighted by atomic mass is 10.1. The second-order valence-electron chi connectivity index (χ2n) is 6.97. The van der Waals surface area contributed by atoms with Gasteiger partial charge in [-0.05, 0) is 36.4 Å². The van der Waals surface area contributed by atoms with Gasteiger partial charge in [0.05, 0.1) is 38.8 Å². The van der Waals surface area contributed by atoms with Crippen molar-refractivity contribution in [2.75, 3.05) is 11.1 Å². The number of nitrogens with one attached hydrogen (secondary N) is 1. The van der Waals surface area contributed by atoms with Gasteiger partial charge in [-0.15, -0.1) is 11.3 Å². The minimum Gasteiger partial charge on any atom is -0.397 e. The van der Waals surface area contributed by atoms with Gasteiger partial charge in [-0.25, -0.2) is 15.0 Å². The van der Waals surface area contributed by atoms with Gasteiger partial charge in [0.1, 0.15) is 0 Å². The van der Waals surface area contributed by atoms with Crippen LogP contribution in [-0.2, 0) is 0 Å². The molecule has 0 unspecified atom stereocenters. The third-order valence-corrected chi connectivity index (χ3v) is 5.78. The lowest BCUT2D eigenvalue weighted by Crippen LogP contribution is -2.00. The Morgan fingerprint density at radius 2 is 1.93 bits per heavy atom. The monoisotopic (exact) mass is 409 g/mol. The SMILES string of the molecule is Nc1cnc2ccc(-c3cn4ccnc4c(Nc4ccc5scnc5c4)n3)cc2c1. The molecule has 0 saturated carbocycles. The van der Waals surface area contributed by atoms with Gasteiger partial charge in [-0.3, -0.25) is 4.98 Å². The number of thiazole rings is 1. The van der Waals surface area contributed by atoms with E-state index in [2.05, 4.69) is 32.4 Å². The summed E-state index contributed by atoms with van der Waals surface area (Å²) >= 11 is 1.62. The smallest absolute Gasteiger partial charge is 0.180 e. The van der Waals surface area contributed by atoms with Crippen molar-refractivity contribution in [1.29, 1.82) is 0 Å². The summed E-state index contributed by atoms with van der Waals surface area (Å²) in [5, 5.41) is 4.38. The zero-order valence-corrected chi connectivity index (χ0v) is 16.5. The van der Waals surface area contributed by atoms with Crippen LogP contribution in [0.25, 0.3) is 38.0 Å². The van der Waals surface area contributed by atoms with Gasteiger partial charge in [0.2, 0.25) is 0 Å². The van der Waals surface area contributed by atoms with Crippen LogP contribution < -0.4 is 11.1 Å². The zero-order chi connectivity index (χ0) is 20.1. The Kier molecular flexibility index (Phi) is 3.65. The summed E-state index contributed by atoms with van der Waals surface area (Å²) in [6.07, 6.45) is 7.31. The van der Waals surface area contributed by atoms with Crippen molar-refractivity contribution in [1.82, 2.24) is 24.3 Å². The molecule has 0 amide bonds. The van der Waals surface area contributed by atoms with Gasteiger partial charge in [-0.1, -0.05) is 6.07 Å². The molecule has 7 nitrogen and oxygen atoms in total. The second-order valence-corrected chi connectivity index (χ2v) is 7.86. The number of hydrogen-bond donors (Lipinski definition) is 2. The van der Waals surface area contributed by atoms with Gasteiger partial charge < -0.3 is 15.5 Å². The number of pyridine rings is 1. The van der Waals surface area contributed by atoms with E-state index in [0.29, 0.717) is 11.5 Å². The number of benzene rings is 2. The van der Waals surface area contributed by atoms with E-state index >= 15 is 0 Å². The predicted octanol–water partition coefficient (Wildman–Crippen LogP) is 4.88. The van der Waals surface area contributed by atoms with Crippen LogP contribution in [0.2, 0.25) is 0 Å². The molecule has 6 aromatic rings. The Morgan fingerprint density at radius 1 is 0.967 bits per heavy atom. The van der Waals surface area contributed by atoms with Crippen molar-refractivity contribution in [2.45, 2.75) is 0 Å². The highest BCUT2D eigenvalue weighted by Gasteiger charge is 2.11. The Morgan fingerprint density at radius 3 is 2.90 bits per heavy atom. The Labute approximate surface area is 174 Å². The first-order valence-electron chi connectivity index (χ1n) is 9.33. The predicted molar refractivity (Wildman–Crippen MR) is 121 cm³/mol. The standard InChI is InChI=1S/C22H15N7S/c23-15-8-14-7-13(1-3-17(14)25-10-15)19-11-29-6-5-24-22(29)21(28-19)27-16-2-4-20-18(9-16)26-12-30-20/h1-12H,23H2,(H,27,28). The van der Waals surface area contributed by atoms with Crippen molar-refractivity contribution in [3.63, 3.8) is 0 Å². The maximum absolute atomic E-state index is 5.91. The number of nitrogens with zero attached hydrogens (tertiary/aromatic N) is 5. The molecule has 4 aromatic heterocycles. The number of aromatic nitrogens is 5. The normalized spacial score (nSPS) is 11.5. The van der Waals surface area contributed by atoms with Crippen LogP contribution in [0, 0.1) is 0 Å². The van der Waals surface area contributed by atoms with Gasteiger partial charge in [0.15, 0.2) is 11.5 Å². The highest BCUT2D eigenvalue weighted by molar-refractivity contribution is 7.16. The summed E-state index contributed by atoms with van der Waals surface area (Å²) in [6.45, 7) is 0. The fraction of sp³-hybridized carbons (Fsp3) is 0. The molecule has 0 spiro atoms. The summed E-state index contributed by atoms with van der Waals surface area (Å²) in [5.74, 6) is 0.679. The molecule has 8 heteroatoms. The van der Waals surface area contributed by atoms with E-state index in [1.807, 2.05) is 52.6 Å². The maximum Gasteiger partial charge on any atom is 0.180 e. The summed E-state index contributed by atoms with van der Waals surface area (Å²) in [5.41, 5.74) is 13.7. The third-order valence-electron chi connectivity index (χ3n) is 4.97. The maximum atomic E-state index is 5.91. The van der Waals surface area contributed by atoms with Crippen LogP contribution in [0.15, 0.2) is 72.8 Å². The van der Waals surface area contributed by atoms with E-state index in [9.17, 15) is 0 Å². The Hall–Kier alpha value is -4.04. The molecule has 0 atom stereocenters. The van der Waals surface area contributed by atoms with Crippen molar-refractivity contribution in [3.05, 3.63) is 72.8 Å². The van der Waals surface area contributed by atoms with Crippen LogP contribution in [-0.4, -0.2) is 24.3 Å². The molecule has 3 N–H and O–H groups in total. The van der Waals surface area contributed by atoms with Gasteiger partial charge >= 0.3 is 0 Å². The van der Waals surface area contributed by atoms with E-state index in [1.54, 1.807) is 23.7 Å². The number of hydrogen-bond acceptors (Lipinski definition) is 7. The molecule has 4 heterocycles. The Bertz CT molecular complexity index is 1550. The first-order chi connectivity index (χ1) is 14.7. The zero-order valence-electron chi connectivity index (χ0n) is 15.6. The second kappa shape index (κ2) is 6.50. The minimum atomic E-state index is 0.637. The fourth-order valence-corrected chi connectivity index (χ4v) is 4.19. The highest BCUT2D eigenvalue weighted by Crippen LogP contribution is 2.28. The molecule has 0 saturated heterocycles. The first kappa shape index (κ1) is 16.9. The summed E-state index contributed by atoms with van der Waals surface area (Å²) < 4.78 is 3.12. The lowest BCUT2D eigenvalue weighted by Gasteiger charge is -2.11. The molecule has 144 valence electrons.